The number of rotatable bonds is 9. The molecule has 2 aromatic heterocycles. The summed E-state index contributed by atoms with van der Waals surface area (Å²) in [5.41, 5.74) is 2.57. The van der Waals surface area contributed by atoms with Crippen LogP contribution in [0.4, 0.5) is 0 Å². The molecule has 3 rings (SSSR count). The summed E-state index contributed by atoms with van der Waals surface area (Å²) in [6.45, 7) is 4.53. The van der Waals surface area contributed by atoms with E-state index in [1.165, 1.54) is 12.3 Å². The Morgan fingerprint density at radius 1 is 1.07 bits per heavy atom. The average Bonchev–Trinajstić information content (AvgIpc) is 3.12. The van der Waals surface area contributed by atoms with Crippen molar-refractivity contribution in [2.75, 3.05) is 0 Å². The molecule has 0 amide bonds. The van der Waals surface area contributed by atoms with E-state index < -0.39 is 5.97 Å². The van der Waals surface area contributed by atoms with Gasteiger partial charge in [0.05, 0.1) is 12.1 Å². The summed E-state index contributed by atoms with van der Waals surface area (Å²) in [5.74, 6) is 0.0733. The van der Waals surface area contributed by atoms with Crippen molar-refractivity contribution in [2.45, 2.75) is 46.1 Å². The van der Waals surface area contributed by atoms with Crippen LogP contribution in [0.1, 0.15) is 65.5 Å². The van der Waals surface area contributed by atoms with Gasteiger partial charge in [0, 0.05) is 30.8 Å². The van der Waals surface area contributed by atoms with E-state index in [1.807, 2.05) is 31.2 Å². The maximum Gasteiger partial charge on any atom is 0.336 e. The van der Waals surface area contributed by atoms with Crippen LogP contribution in [0.25, 0.3) is 11.1 Å². The standard InChI is InChI=1S/C22H24N4O3/c1-3-5-19(27)21-24-20(6-4-2)26(25-21)14-15-7-9-16(10-8-15)18-13-23-12-11-17(18)22(28)29/h7-13H,3-6,14H2,1-2H3,(H,28,29). The highest BCUT2D eigenvalue weighted by Gasteiger charge is 2.16. The quantitative estimate of drug-likeness (QED) is 0.552. The molecule has 0 aliphatic carbocycles. The molecule has 0 radical (unpaired) electrons. The normalized spacial score (nSPS) is 10.8. The summed E-state index contributed by atoms with van der Waals surface area (Å²) in [5, 5.41) is 13.8. The lowest BCUT2D eigenvalue weighted by molar-refractivity contribution is 0.0697. The molecule has 0 aliphatic heterocycles. The predicted octanol–water partition coefficient (Wildman–Crippen LogP) is 4.02. The molecular weight excluding hydrogens is 368 g/mol. The molecule has 0 bridgehead atoms. The highest BCUT2D eigenvalue weighted by atomic mass is 16.4. The van der Waals surface area contributed by atoms with Crippen LogP contribution in [-0.2, 0) is 13.0 Å². The van der Waals surface area contributed by atoms with Crippen LogP contribution in [0, 0.1) is 0 Å². The first-order valence-electron chi connectivity index (χ1n) is 9.77. The maximum atomic E-state index is 12.2. The summed E-state index contributed by atoms with van der Waals surface area (Å²) < 4.78 is 1.79. The van der Waals surface area contributed by atoms with Crippen molar-refractivity contribution in [1.82, 2.24) is 19.7 Å². The highest BCUT2D eigenvalue weighted by Crippen LogP contribution is 2.23. The number of Topliss-reactive ketones (excluding diaryl/α,β-unsaturated/α-hetero) is 1. The van der Waals surface area contributed by atoms with E-state index in [-0.39, 0.29) is 17.2 Å². The van der Waals surface area contributed by atoms with E-state index in [1.54, 1.807) is 10.9 Å². The number of aromatic nitrogens is 4. The molecule has 0 saturated carbocycles. The number of carboxylic acids is 1. The molecule has 0 saturated heterocycles. The zero-order chi connectivity index (χ0) is 20.8. The van der Waals surface area contributed by atoms with Gasteiger partial charge in [-0.2, -0.15) is 0 Å². The molecule has 0 spiro atoms. The summed E-state index contributed by atoms with van der Waals surface area (Å²) in [6.07, 6.45) is 5.91. The van der Waals surface area contributed by atoms with Gasteiger partial charge in [0.1, 0.15) is 5.82 Å². The van der Waals surface area contributed by atoms with Gasteiger partial charge in [-0.1, -0.05) is 38.1 Å². The first kappa shape index (κ1) is 20.4. The molecule has 29 heavy (non-hydrogen) atoms. The number of benzene rings is 1. The summed E-state index contributed by atoms with van der Waals surface area (Å²) in [4.78, 5) is 32.1. The Hall–Kier alpha value is -3.35. The third-order valence-corrected chi connectivity index (χ3v) is 4.60. The van der Waals surface area contributed by atoms with Gasteiger partial charge >= 0.3 is 5.97 Å². The third kappa shape index (κ3) is 4.74. The lowest BCUT2D eigenvalue weighted by atomic mass is 10.0. The second-order valence-corrected chi connectivity index (χ2v) is 6.86. The molecule has 2 heterocycles. The van der Waals surface area contributed by atoms with Crippen LogP contribution in [0.5, 0.6) is 0 Å². The average molecular weight is 392 g/mol. The number of carboxylic acid groups (broad SMARTS) is 1. The first-order valence-corrected chi connectivity index (χ1v) is 9.77. The Balaban J connectivity index is 1.85. The molecule has 1 N–H and O–H groups in total. The van der Waals surface area contributed by atoms with Gasteiger partial charge in [0.2, 0.25) is 11.6 Å². The summed E-state index contributed by atoms with van der Waals surface area (Å²) >= 11 is 0. The van der Waals surface area contributed by atoms with Gasteiger partial charge in [0.15, 0.2) is 0 Å². The zero-order valence-corrected chi connectivity index (χ0v) is 16.6. The van der Waals surface area contributed by atoms with E-state index in [0.717, 1.165) is 36.2 Å². The monoisotopic (exact) mass is 392 g/mol. The zero-order valence-electron chi connectivity index (χ0n) is 16.6. The predicted molar refractivity (Wildman–Crippen MR) is 109 cm³/mol. The van der Waals surface area contributed by atoms with Crippen molar-refractivity contribution >= 4 is 11.8 Å². The number of aryl methyl sites for hydroxylation is 1. The third-order valence-electron chi connectivity index (χ3n) is 4.60. The van der Waals surface area contributed by atoms with Gasteiger partial charge in [-0.15, -0.1) is 5.10 Å². The molecule has 1 aromatic carbocycles. The van der Waals surface area contributed by atoms with Gasteiger partial charge in [-0.05, 0) is 30.0 Å². The Bertz CT molecular complexity index is 1010. The molecule has 0 atom stereocenters. The number of carbonyl (C=O) groups excluding carboxylic acids is 1. The number of ketones is 1. The second kappa shape index (κ2) is 9.23. The molecule has 150 valence electrons. The van der Waals surface area contributed by atoms with Gasteiger partial charge < -0.3 is 5.11 Å². The molecule has 0 aliphatic rings. The summed E-state index contributed by atoms with van der Waals surface area (Å²) in [6, 6.07) is 9.10. The smallest absolute Gasteiger partial charge is 0.336 e. The summed E-state index contributed by atoms with van der Waals surface area (Å²) in [7, 11) is 0. The second-order valence-electron chi connectivity index (χ2n) is 6.86. The van der Waals surface area contributed by atoms with Crippen molar-refractivity contribution in [3.63, 3.8) is 0 Å². The van der Waals surface area contributed by atoms with Crippen LogP contribution in [0.15, 0.2) is 42.7 Å². The number of aromatic carboxylic acids is 1. The molecule has 0 fully saturated rings. The van der Waals surface area contributed by atoms with Crippen molar-refractivity contribution in [1.29, 1.82) is 0 Å². The SMILES string of the molecule is CCCC(=O)c1nc(CCC)n(Cc2ccc(-c3cnccc3C(=O)O)cc2)n1. The Kier molecular flexibility index (Phi) is 6.49. The Morgan fingerprint density at radius 2 is 1.83 bits per heavy atom. The number of pyridine rings is 1. The largest absolute Gasteiger partial charge is 0.478 e. The Morgan fingerprint density at radius 3 is 2.48 bits per heavy atom. The number of hydrogen-bond donors (Lipinski definition) is 1. The number of carbonyl (C=O) groups is 2. The Labute approximate surface area is 169 Å². The topological polar surface area (TPSA) is 98.0 Å². The van der Waals surface area contributed by atoms with Crippen molar-refractivity contribution < 1.29 is 14.7 Å². The van der Waals surface area contributed by atoms with E-state index >= 15 is 0 Å². The van der Waals surface area contributed by atoms with Crippen LogP contribution in [0.2, 0.25) is 0 Å². The maximum absolute atomic E-state index is 12.2. The van der Waals surface area contributed by atoms with E-state index in [2.05, 4.69) is 22.0 Å². The van der Waals surface area contributed by atoms with Crippen molar-refractivity contribution in [3.8, 4) is 11.1 Å². The van der Waals surface area contributed by atoms with Crippen LogP contribution in [0.3, 0.4) is 0 Å². The first-order chi connectivity index (χ1) is 14.0. The van der Waals surface area contributed by atoms with Crippen LogP contribution in [-0.4, -0.2) is 36.6 Å². The van der Waals surface area contributed by atoms with E-state index in [0.29, 0.717) is 18.5 Å². The van der Waals surface area contributed by atoms with Crippen LogP contribution < -0.4 is 0 Å². The lowest BCUT2D eigenvalue weighted by Crippen LogP contribution is -2.08. The van der Waals surface area contributed by atoms with E-state index in [9.17, 15) is 14.7 Å². The minimum absolute atomic E-state index is 0.0308. The minimum atomic E-state index is -0.984. The minimum Gasteiger partial charge on any atom is -0.478 e. The van der Waals surface area contributed by atoms with Crippen molar-refractivity contribution in [2.24, 2.45) is 0 Å². The molecule has 0 unspecified atom stereocenters. The van der Waals surface area contributed by atoms with Gasteiger partial charge in [-0.3, -0.25) is 9.78 Å². The van der Waals surface area contributed by atoms with Crippen LogP contribution >= 0.6 is 0 Å². The fraction of sp³-hybridized carbons (Fsp3) is 0.318. The molecular formula is C22H24N4O3. The van der Waals surface area contributed by atoms with Gasteiger partial charge in [-0.25, -0.2) is 14.5 Å². The molecule has 7 heteroatoms. The number of nitrogens with zero attached hydrogens (tertiary/aromatic N) is 4. The molecule has 7 nitrogen and oxygen atoms in total. The van der Waals surface area contributed by atoms with Gasteiger partial charge in [0.25, 0.3) is 0 Å². The fourth-order valence-electron chi connectivity index (χ4n) is 3.14. The lowest BCUT2D eigenvalue weighted by Gasteiger charge is -2.08. The highest BCUT2D eigenvalue weighted by molar-refractivity contribution is 5.95. The fourth-order valence-corrected chi connectivity index (χ4v) is 3.14. The van der Waals surface area contributed by atoms with Crippen molar-refractivity contribution in [3.05, 3.63) is 65.5 Å². The van der Waals surface area contributed by atoms with E-state index in [4.69, 9.17) is 0 Å². The number of hydrogen-bond acceptors (Lipinski definition) is 5. The molecule has 3 aromatic rings.